The van der Waals surface area contributed by atoms with Crippen molar-refractivity contribution in [1.82, 2.24) is 14.9 Å². The number of fused-ring (bicyclic) bond motifs is 1. The van der Waals surface area contributed by atoms with Crippen LogP contribution in [0.2, 0.25) is 0 Å². The summed E-state index contributed by atoms with van der Waals surface area (Å²) in [5.41, 5.74) is 1.13. The van der Waals surface area contributed by atoms with E-state index in [1.165, 1.54) is 6.07 Å². The van der Waals surface area contributed by atoms with E-state index < -0.39 is 0 Å². The number of hydrogen-bond donors (Lipinski definition) is 2. The summed E-state index contributed by atoms with van der Waals surface area (Å²) in [6, 6.07) is 4.93. The van der Waals surface area contributed by atoms with Crippen LogP contribution in [-0.2, 0) is 6.54 Å². The number of halogens is 1. The van der Waals surface area contributed by atoms with Gasteiger partial charge in [-0.05, 0) is 37.9 Å². The molecule has 0 spiro atoms. The molecular formula is C15H20FN3O. The van der Waals surface area contributed by atoms with E-state index in [1.807, 2.05) is 13.1 Å². The first-order chi connectivity index (χ1) is 9.63. The van der Waals surface area contributed by atoms with Gasteiger partial charge in [0.25, 0.3) is 0 Å². The van der Waals surface area contributed by atoms with Crippen LogP contribution >= 0.6 is 0 Å². The SMILES string of the molecule is CN(Cc1nc2c(F)cccc2[nH]1)CC1CCCC1O. The van der Waals surface area contributed by atoms with Crippen molar-refractivity contribution in [3.05, 3.63) is 29.8 Å². The quantitative estimate of drug-likeness (QED) is 0.901. The molecule has 0 radical (unpaired) electrons. The van der Waals surface area contributed by atoms with E-state index in [0.29, 0.717) is 18.0 Å². The van der Waals surface area contributed by atoms with E-state index in [4.69, 9.17) is 0 Å². The minimum Gasteiger partial charge on any atom is -0.393 e. The zero-order valence-electron chi connectivity index (χ0n) is 11.6. The molecule has 1 saturated carbocycles. The molecule has 1 aromatic heterocycles. The van der Waals surface area contributed by atoms with Crippen molar-refractivity contribution in [1.29, 1.82) is 0 Å². The predicted molar refractivity (Wildman–Crippen MR) is 75.7 cm³/mol. The van der Waals surface area contributed by atoms with Gasteiger partial charge in [-0.15, -0.1) is 0 Å². The average Bonchev–Trinajstić information content (AvgIpc) is 2.97. The standard InChI is InChI=1S/C15H20FN3O/c1-19(8-10-4-2-7-13(10)20)9-14-17-12-6-3-5-11(16)15(12)18-14/h3,5-6,10,13,20H,2,4,7-9H2,1H3,(H,17,18). The second-order valence-electron chi connectivity index (χ2n) is 5.77. The molecule has 2 N–H and O–H groups in total. The van der Waals surface area contributed by atoms with E-state index in [9.17, 15) is 9.50 Å². The maximum absolute atomic E-state index is 13.6. The lowest BCUT2D eigenvalue weighted by Crippen LogP contribution is -2.29. The summed E-state index contributed by atoms with van der Waals surface area (Å²) in [6.45, 7) is 1.48. The molecule has 1 aromatic carbocycles. The van der Waals surface area contributed by atoms with Gasteiger partial charge in [0.05, 0.1) is 18.2 Å². The van der Waals surface area contributed by atoms with Gasteiger partial charge in [-0.1, -0.05) is 12.5 Å². The molecule has 3 rings (SSSR count). The fourth-order valence-electron chi connectivity index (χ4n) is 3.07. The minimum absolute atomic E-state index is 0.175. The topological polar surface area (TPSA) is 52.2 Å². The Morgan fingerprint density at radius 3 is 3.00 bits per heavy atom. The highest BCUT2D eigenvalue weighted by atomic mass is 19.1. The summed E-state index contributed by atoms with van der Waals surface area (Å²) >= 11 is 0. The van der Waals surface area contributed by atoms with Crippen LogP contribution in [0, 0.1) is 11.7 Å². The maximum atomic E-state index is 13.6. The number of H-pyrrole nitrogens is 1. The van der Waals surface area contributed by atoms with Gasteiger partial charge < -0.3 is 10.1 Å². The van der Waals surface area contributed by atoms with Crippen LogP contribution < -0.4 is 0 Å². The van der Waals surface area contributed by atoms with E-state index >= 15 is 0 Å². The second-order valence-corrected chi connectivity index (χ2v) is 5.77. The lowest BCUT2D eigenvalue weighted by molar-refractivity contribution is 0.107. The van der Waals surface area contributed by atoms with Gasteiger partial charge in [-0.3, -0.25) is 4.90 Å². The van der Waals surface area contributed by atoms with Gasteiger partial charge in [0.15, 0.2) is 5.82 Å². The molecule has 5 heteroatoms. The monoisotopic (exact) mass is 277 g/mol. The van der Waals surface area contributed by atoms with Crippen LogP contribution in [0.3, 0.4) is 0 Å². The van der Waals surface area contributed by atoms with E-state index in [2.05, 4.69) is 14.9 Å². The largest absolute Gasteiger partial charge is 0.393 e. The Balaban J connectivity index is 1.68. The zero-order valence-corrected chi connectivity index (χ0v) is 11.6. The van der Waals surface area contributed by atoms with Crippen LogP contribution in [0.5, 0.6) is 0 Å². The fourth-order valence-corrected chi connectivity index (χ4v) is 3.07. The van der Waals surface area contributed by atoms with E-state index in [1.54, 1.807) is 6.07 Å². The van der Waals surface area contributed by atoms with Gasteiger partial charge in [-0.2, -0.15) is 0 Å². The Labute approximate surface area is 117 Å². The van der Waals surface area contributed by atoms with Crippen LogP contribution in [0.15, 0.2) is 18.2 Å². The van der Waals surface area contributed by atoms with Crippen LogP contribution in [-0.4, -0.2) is 39.7 Å². The number of aromatic nitrogens is 2. The van der Waals surface area contributed by atoms with E-state index in [-0.39, 0.29) is 11.9 Å². The maximum Gasteiger partial charge on any atom is 0.151 e. The molecule has 1 aliphatic carbocycles. The summed E-state index contributed by atoms with van der Waals surface area (Å²) in [4.78, 5) is 9.59. The number of rotatable bonds is 4. The molecule has 108 valence electrons. The highest BCUT2D eigenvalue weighted by Gasteiger charge is 2.26. The van der Waals surface area contributed by atoms with Crippen molar-refractivity contribution < 1.29 is 9.50 Å². The summed E-state index contributed by atoms with van der Waals surface area (Å²) in [6.07, 6.45) is 2.93. The van der Waals surface area contributed by atoms with Crippen LogP contribution in [0.25, 0.3) is 11.0 Å². The molecular weight excluding hydrogens is 257 g/mol. The molecule has 0 saturated heterocycles. The number of imidazole rings is 1. The van der Waals surface area contributed by atoms with Gasteiger partial charge in [-0.25, -0.2) is 9.37 Å². The molecule has 2 unspecified atom stereocenters. The number of benzene rings is 1. The highest BCUT2D eigenvalue weighted by Crippen LogP contribution is 2.26. The molecule has 0 bridgehead atoms. The molecule has 1 aliphatic rings. The Morgan fingerprint density at radius 2 is 2.30 bits per heavy atom. The summed E-state index contributed by atoms with van der Waals surface area (Å²) in [5.74, 6) is 0.820. The van der Waals surface area contributed by atoms with E-state index in [0.717, 1.165) is 37.1 Å². The second kappa shape index (κ2) is 5.50. The van der Waals surface area contributed by atoms with Gasteiger partial charge in [0, 0.05) is 6.54 Å². The van der Waals surface area contributed by atoms with Crippen molar-refractivity contribution in [2.75, 3.05) is 13.6 Å². The van der Waals surface area contributed by atoms with Gasteiger partial charge in [0.1, 0.15) is 11.3 Å². The molecule has 2 atom stereocenters. The number of nitrogens with one attached hydrogen (secondary N) is 1. The number of hydrogen-bond acceptors (Lipinski definition) is 3. The number of para-hydroxylation sites is 1. The third-order valence-electron chi connectivity index (χ3n) is 4.10. The molecule has 2 aromatic rings. The smallest absolute Gasteiger partial charge is 0.151 e. The van der Waals surface area contributed by atoms with Crippen molar-refractivity contribution in [3.63, 3.8) is 0 Å². The van der Waals surface area contributed by atoms with Gasteiger partial charge >= 0.3 is 0 Å². The van der Waals surface area contributed by atoms with Crippen LogP contribution in [0.1, 0.15) is 25.1 Å². The molecule has 4 nitrogen and oxygen atoms in total. The first-order valence-corrected chi connectivity index (χ1v) is 7.13. The Morgan fingerprint density at radius 1 is 1.45 bits per heavy atom. The number of aliphatic hydroxyl groups excluding tert-OH is 1. The predicted octanol–water partition coefficient (Wildman–Crippen LogP) is 2.29. The normalized spacial score (nSPS) is 23.0. The summed E-state index contributed by atoms with van der Waals surface area (Å²) in [7, 11) is 2.01. The van der Waals surface area contributed by atoms with Crippen molar-refractivity contribution in [3.8, 4) is 0 Å². The summed E-state index contributed by atoms with van der Waals surface area (Å²) in [5, 5.41) is 9.85. The van der Waals surface area contributed by atoms with Crippen molar-refractivity contribution in [2.45, 2.75) is 31.9 Å². The Hall–Kier alpha value is -1.46. The molecule has 0 aliphatic heterocycles. The molecule has 1 heterocycles. The number of aliphatic hydroxyl groups is 1. The van der Waals surface area contributed by atoms with Gasteiger partial charge in [0.2, 0.25) is 0 Å². The lowest BCUT2D eigenvalue weighted by atomic mass is 10.1. The molecule has 0 amide bonds. The highest BCUT2D eigenvalue weighted by molar-refractivity contribution is 5.75. The Kier molecular flexibility index (Phi) is 3.72. The minimum atomic E-state index is -0.293. The zero-order chi connectivity index (χ0) is 14.1. The first kappa shape index (κ1) is 13.5. The third-order valence-corrected chi connectivity index (χ3v) is 4.10. The number of aromatic amines is 1. The Bertz CT molecular complexity index is 598. The third kappa shape index (κ3) is 2.69. The lowest BCUT2D eigenvalue weighted by Gasteiger charge is -2.22. The summed E-state index contributed by atoms with van der Waals surface area (Å²) < 4.78 is 13.6. The molecule has 1 fully saturated rings. The first-order valence-electron chi connectivity index (χ1n) is 7.13. The van der Waals surface area contributed by atoms with Crippen LogP contribution in [0.4, 0.5) is 4.39 Å². The fraction of sp³-hybridized carbons (Fsp3) is 0.533. The van der Waals surface area contributed by atoms with Crippen molar-refractivity contribution >= 4 is 11.0 Å². The van der Waals surface area contributed by atoms with Crippen molar-refractivity contribution in [2.24, 2.45) is 5.92 Å². The molecule has 20 heavy (non-hydrogen) atoms. The average molecular weight is 277 g/mol. The number of nitrogens with zero attached hydrogens (tertiary/aromatic N) is 2.